The minimum absolute atomic E-state index is 0.00562. The summed E-state index contributed by atoms with van der Waals surface area (Å²) >= 11 is 0. The van der Waals surface area contributed by atoms with E-state index in [1.807, 2.05) is 6.07 Å². The minimum atomic E-state index is -0.296. The highest BCUT2D eigenvalue weighted by Gasteiger charge is 1.98. The Morgan fingerprint density at radius 1 is 1.42 bits per heavy atom. The van der Waals surface area contributed by atoms with Crippen LogP contribution < -0.4 is 0 Å². The molecule has 2 nitrogen and oxygen atoms in total. The first kappa shape index (κ1) is 8.69. The Kier molecular flexibility index (Phi) is 3.24. The summed E-state index contributed by atoms with van der Waals surface area (Å²) in [5.41, 5.74) is 0.479. The maximum Gasteiger partial charge on any atom is 0.134 e. The number of ether oxygens (including phenoxy) is 1. The molecule has 0 heterocycles. The summed E-state index contributed by atoms with van der Waals surface area (Å²) in [6, 6.07) is 8.16. The second-order valence-electron chi connectivity index (χ2n) is 2.24. The summed E-state index contributed by atoms with van der Waals surface area (Å²) < 4.78 is 17.7. The number of nitriles is 1. The van der Waals surface area contributed by atoms with Crippen molar-refractivity contribution in [2.45, 2.75) is 6.61 Å². The number of hydrogen-bond donors (Lipinski definition) is 0. The van der Waals surface area contributed by atoms with Gasteiger partial charge in [-0.05, 0) is 6.07 Å². The fourth-order valence-corrected chi connectivity index (χ4v) is 0.822. The van der Waals surface area contributed by atoms with E-state index in [9.17, 15) is 4.39 Å². The highest BCUT2D eigenvalue weighted by Crippen LogP contribution is 2.06. The number of hydrogen-bond acceptors (Lipinski definition) is 2. The molecule has 0 fully saturated rings. The molecule has 0 spiro atoms. The Bertz CT molecular complexity index is 293. The molecule has 0 unspecified atom stereocenters. The van der Waals surface area contributed by atoms with Crippen molar-refractivity contribution < 1.29 is 9.13 Å². The van der Waals surface area contributed by atoms with Crippen molar-refractivity contribution in [2.24, 2.45) is 0 Å². The summed E-state index contributed by atoms with van der Waals surface area (Å²) in [5, 5.41) is 8.14. The summed E-state index contributed by atoms with van der Waals surface area (Å²) in [7, 11) is 0. The molecule has 1 aromatic carbocycles. The smallest absolute Gasteiger partial charge is 0.134 e. The maximum absolute atomic E-state index is 12.9. The molecule has 0 aliphatic heterocycles. The Balaban J connectivity index is 2.53. The Morgan fingerprint density at radius 3 is 2.83 bits per heavy atom. The lowest BCUT2D eigenvalue weighted by molar-refractivity contribution is 0.149. The molecule has 0 radical (unpaired) electrons. The first-order valence-electron chi connectivity index (χ1n) is 3.52. The van der Waals surface area contributed by atoms with Crippen molar-refractivity contribution >= 4 is 0 Å². The van der Waals surface area contributed by atoms with Gasteiger partial charge in [0, 0.05) is 5.56 Å². The molecule has 62 valence electrons. The molecule has 0 atom stereocenters. The summed E-state index contributed by atoms with van der Waals surface area (Å²) in [6.07, 6.45) is 0. The zero-order valence-electron chi connectivity index (χ0n) is 6.46. The lowest BCUT2D eigenvalue weighted by atomic mass is 10.2. The van der Waals surface area contributed by atoms with Crippen LogP contribution in [0.15, 0.2) is 24.3 Å². The van der Waals surface area contributed by atoms with Crippen molar-refractivity contribution in [1.82, 2.24) is 0 Å². The number of rotatable bonds is 3. The first-order chi connectivity index (χ1) is 5.84. The molecule has 1 rings (SSSR count). The molecule has 0 N–H and O–H groups in total. The van der Waals surface area contributed by atoms with Crippen LogP contribution in [0.2, 0.25) is 0 Å². The standard InChI is InChI=1S/C9H8FNO/c10-9-4-2-1-3-8(9)7-12-6-5-11/h1-4H,6-7H2. The predicted molar refractivity (Wildman–Crippen MR) is 41.7 cm³/mol. The van der Waals surface area contributed by atoms with Crippen molar-refractivity contribution in [2.75, 3.05) is 6.61 Å². The zero-order chi connectivity index (χ0) is 8.81. The largest absolute Gasteiger partial charge is 0.362 e. The third kappa shape index (κ3) is 2.33. The van der Waals surface area contributed by atoms with Gasteiger partial charge in [0.05, 0.1) is 12.7 Å². The average molecular weight is 165 g/mol. The van der Waals surface area contributed by atoms with Gasteiger partial charge in [0.2, 0.25) is 0 Å². The second kappa shape index (κ2) is 4.47. The third-order valence-electron chi connectivity index (χ3n) is 1.38. The van der Waals surface area contributed by atoms with Crippen LogP contribution in [0.4, 0.5) is 4.39 Å². The molecular formula is C9H8FNO. The van der Waals surface area contributed by atoms with Crippen LogP contribution in [0.25, 0.3) is 0 Å². The monoisotopic (exact) mass is 165 g/mol. The molecule has 1 aromatic rings. The van der Waals surface area contributed by atoms with Gasteiger partial charge in [-0.1, -0.05) is 18.2 Å². The van der Waals surface area contributed by atoms with Crippen molar-refractivity contribution in [3.8, 4) is 6.07 Å². The van der Waals surface area contributed by atoms with Gasteiger partial charge in [0.1, 0.15) is 12.4 Å². The van der Waals surface area contributed by atoms with E-state index in [-0.39, 0.29) is 19.0 Å². The van der Waals surface area contributed by atoms with Crippen LogP contribution in [0, 0.1) is 17.1 Å². The summed E-state index contributed by atoms with van der Waals surface area (Å²) in [4.78, 5) is 0. The SMILES string of the molecule is N#CCOCc1ccccc1F. The lowest BCUT2D eigenvalue weighted by Gasteiger charge is -2.00. The molecule has 0 bridgehead atoms. The highest BCUT2D eigenvalue weighted by molar-refractivity contribution is 5.16. The van der Waals surface area contributed by atoms with Crippen molar-refractivity contribution in [3.63, 3.8) is 0 Å². The lowest BCUT2D eigenvalue weighted by Crippen LogP contribution is -1.95. The molecule has 12 heavy (non-hydrogen) atoms. The van der Waals surface area contributed by atoms with Gasteiger partial charge in [0.25, 0.3) is 0 Å². The summed E-state index contributed by atoms with van der Waals surface area (Å²) in [6.45, 7) is 0.147. The molecular weight excluding hydrogens is 157 g/mol. The van der Waals surface area contributed by atoms with Crippen LogP contribution in [0.5, 0.6) is 0 Å². The Morgan fingerprint density at radius 2 is 2.17 bits per heavy atom. The quantitative estimate of drug-likeness (QED) is 0.640. The fraction of sp³-hybridized carbons (Fsp3) is 0.222. The minimum Gasteiger partial charge on any atom is -0.362 e. The van der Waals surface area contributed by atoms with Gasteiger partial charge in [0.15, 0.2) is 0 Å². The van der Waals surface area contributed by atoms with Gasteiger partial charge in [-0.15, -0.1) is 0 Å². The van der Waals surface area contributed by atoms with Crippen LogP contribution in [0.3, 0.4) is 0 Å². The van der Waals surface area contributed by atoms with E-state index in [4.69, 9.17) is 10.00 Å². The molecule has 0 aromatic heterocycles. The molecule has 0 aliphatic rings. The van der Waals surface area contributed by atoms with Gasteiger partial charge >= 0.3 is 0 Å². The Hall–Kier alpha value is -1.40. The maximum atomic E-state index is 12.9. The highest BCUT2D eigenvalue weighted by atomic mass is 19.1. The van der Waals surface area contributed by atoms with E-state index in [1.54, 1.807) is 18.2 Å². The third-order valence-corrected chi connectivity index (χ3v) is 1.38. The van der Waals surface area contributed by atoms with Gasteiger partial charge < -0.3 is 4.74 Å². The van der Waals surface area contributed by atoms with E-state index < -0.39 is 0 Å². The van der Waals surface area contributed by atoms with Gasteiger partial charge in [-0.25, -0.2) is 4.39 Å². The number of halogens is 1. The van der Waals surface area contributed by atoms with Crippen molar-refractivity contribution in [1.29, 1.82) is 5.26 Å². The number of nitrogens with zero attached hydrogens (tertiary/aromatic N) is 1. The van der Waals surface area contributed by atoms with E-state index in [0.29, 0.717) is 5.56 Å². The molecule has 0 saturated heterocycles. The average Bonchev–Trinajstić information content (AvgIpc) is 2.09. The van der Waals surface area contributed by atoms with E-state index >= 15 is 0 Å². The van der Waals surface area contributed by atoms with Crippen molar-refractivity contribution in [3.05, 3.63) is 35.6 Å². The molecule has 0 amide bonds. The summed E-state index contributed by atoms with van der Waals surface area (Å²) in [5.74, 6) is -0.296. The van der Waals surface area contributed by atoms with Gasteiger partial charge in [-0.3, -0.25) is 0 Å². The molecule has 3 heteroatoms. The van der Waals surface area contributed by atoms with E-state index in [0.717, 1.165) is 0 Å². The normalized spacial score (nSPS) is 9.33. The molecule has 0 aliphatic carbocycles. The van der Waals surface area contributed by atoms with Crippen LogP contribution in [0.1, 0.15) is 5.56 Å². The van der Waals surface area contributed by atoms with Crippen LogP contribution in [-0.2, 0) is 11.3 Å². The fourth-order valence-electron chi connectivity index (χ4n) is 0.822. The Labute approximate surface area is 70.2 Å². The predicted octanol–water partition coefficient (Wildman–Crippen LogP) is 1.87. The number of benzene rings is 1. The van der Waals surface area contributed by atoms with E-state index in [2.05, 4.69) is 0 Å². The topological polar surface area (TPSA) is 33.0 Å². The zero-order valence-corrected chi connectivity index (χ0v) is 6.46. The van der Waals surface area contributed by atoms with Gasteiger partial charge in [-0.2, -0.15) is 5.26 Å². The van der Waals surface area contributed by atoms with Crippen LogP contribution >= 0.6 is 0 Å². The van der Waals surface area contributed by atoms with E-state index in [1.165, 1.54) is 6.07 Å². The van der Waals surface area contributed by atoms with Crippen LogP contribution in [-0.4, -0.2) is 6.61 Å². The molecule has 0 saturated carbocycles. The first-order valence-corrected chi connectivity index (χ1v) is 3.52. The second-order valence-corrected chi connectivity index (χ2v) is 2.24.